The van der Waals surface area contributed by atoms with Crippen molar-refractivity contribution in [3.05, 3.63) is 40.9 Å². The van der Waals surface area contributed by atoms with Crippen LogP contribution in [0, 0.1) is 0 Å². The minimum absolute atomic E-state index is 0.528. The first-order chi connectivity index (χ1) is 5.36. The van der Waals surface area contributed by atoms with E-state index in [0.29, 0.717) is 11.5 Å². The van der Waals surface area contributed by atoms with Gasteiger partial charge in [-0.25, -0.2) is 4.79 Å². The summed E-state index contributed by atoms with van der Waals surface area (Å²) in [5.74, 6) is -0.00815. The topological polar surface area (TPSA) is 43.1 Å². The Morgan fingerprint density at radius 2 is 2.00 bits per heavy atom. The predicted octanol–water partition coefficient (Wildman–Crippen LogP) is 1.14. The van der Waals surface area contributed by atoms with E-state index in [1.54, 1.807) is 18.2 Å². The van der Waals surface area contributed by atoms with Crippen molar-refractivity contribution in [3.8, 4) is 11.5 Å². The fraction of sp³-hybridized carbons (Fsp3) is 0. The van der Waals surface area contributed by atoms with Gasteiger partial charge in [0.25, 0.3) is 0 Å². The maximum absolute atomic E-state index is 10.6. The summed E-state index contributed by atoms with van der Waals surface area (Å²) >= 11 is 0. The molecule has 0 aromatic rings. The maximum Gasteiger partial charge on any atom is 0.439 e. The molecule has 2 rings (SSSR count). The van der Waals surface area contributed by atoms with Gasteiger partial charge in [0.15, 0.2) is 5.76 Å². The van der Waals surface area contributed by atoms with Gasteiger partial charge < -0.3 is 4.42 Å². The fourth-order valence-electron chi connectivity index (χ4n) is 0.915. The van der Waals surface area contributed by atoms with Gasteiger partial charge in [-0.05, 0) is 12.1 Å². The normalized spacial score (nSPS) is 10.2. The van der Waals surface area contributed by atoms with E-state index < -0.39 is 5.76 Å². The van der Waals surface area contributed by atoms with Gasteiger partial charge in [-0.2, -0.15) is 4.98 Å². The van der Waals surface area contributed by atoms with E-state index in [1.807, 2.05) is 12.1 Å². The molecule has 1 aliphatic carbocycles. The summed E-state index contributed by atoms with van der Waals surface area (Å²) in [6, 6.07) is 8.91. The first kappa shape index (κ1) is 6.09. The van der Waals surface area contributed by atoms with Crippen molar-refractivity contribution in [1.29, 1.82) is 0 Å². The molecule has 0 fully saturated rings. The van der Waals surface area contributed by atoms with Gasteiger partial charge in [0.2, 0.25) is 0 Å². The number of oxazole rings is 1. The van der Waals surface area contributed by atoms with Gasteiger partial charge in [0, 0.05) is 0 Å². The van der Waals surface area contributed by atoms with Gasteiger partial charge >= 0.3 is 5.76 Å². The molecule has 0 unspecified atom stereocenters. The molecule has 0 N–H and O–H groups in total. The molecule has 3 nitrogen and oxygen atoms in total. The van der Waals surface area contributed by atoms with Crippen LogP contribution < -0.4 is 5.76 Å². The van der Waals surface area contributed by atoms with Crippen LogP contribution in [0.4, 0.5) is 0 Å². The van der Waals surface area contributed by atoms with Crippen LogP contribution in [-0.2, 0) is 0 Å². The number of nitrogens with zero attached hydrogens (tertiary/aromatic N) is 1. The van der Waals surface area contributed by atoms with Crippen molar-refractivity contribution in [2.75, 3.05) is 0 Å². The quantitative estimate of drug-likeness (QED) is 0.561. The number of fused-ring (bicyclic) bond motifs is 1. The molecule has 0 radical (unpaired) electrons. The summed E-state index contributed by atoms with van der Waals surface area (Å²) in [5, 5.41) is 0. The molecule has 0 bridgehead atoms. The zero-order chi connectivity index (χ0) is 7.68. The average Bonchev–Trinajstić information content (AvgIpc) is 2.17. The molecule has 0 atom stereocenters. The first-order valence-corrected chi connectivity index (χ1v) is 3.22. The molecule has 0 amide bonds. The van der Waals surface area contributed by atoms with Crippen LogP contribution in [0.15, 0.2) is 39.5 Å². The molecular weight excluding hydrogens is 142 g/mol. The molecule has 0 aromatic carbocycles. The van der Waals surface area contributed by atoms with Crippen molar-refractivity contribution in [3.63, 3.8) is 0 Å². The molecule has 2 aliphatic rings. The fourth-order valence-corrected chi connectivity index (χ4v) is 0.915. The third-order valence-corrected chi connectivity index (χ3v) is 1.39. The third kappa shape index (κ3) is 1.00. The highest BCUT2D eigenvalue weighted by Gasteiger charge is 2.05. The Morgan fingerprint density at radius 3 is 2.91 bits per heavy atom. The van der Waals surface area contributed by atoms with Crippen LogP contribution >= 0.6 is 0 Å². The molecule has 1 heterocycles. The number of aromatic nitrogens is 1. The Morgan fingerprint density at radius 1 is 1.18 bits per heavy atom. The van der Waals surface area contributed by atoms with Crippen molar-refractivity contribution in [2.45, 2.75) is 0 Å². The van der Waals surface area contributed by atoms with Crippen LogP contribution in [0.1, 0.15) is 0 Å². The van der Waals surface area contributed by atoms with E-state index in [-0.39, 0.29) is 0 Å². The number of hydrogen-bond donors (Lipinski definition) is 0. The minimum atomic E-state index is -0.536. The summed E-state index contributed by atoms with van der Waals surface area (Å²) in [6.07, 6.45) is 0. The lowest BCUT2D eigenvalue weighted by molar-refractivity contribution is 0.531. The van der Waals surface area contributed by atoms with E-state index in [1.165, 1.54) is 0 Å². The molecule has 0 aromatic heterocycles. The molecule has 54 valence electrons. The summed E-state index contributed by atoms with van der Waals surface area (Å²) in [6.45, 7) is 0. The Bertz CT molecular complexity index is 360. The minimum Gasteiger partial charge on any atom is -0.406 e. The SMILES string of the molecule is O=c1nc2cccccc-2o1. The lowest BCUT2D eigenvalue weighted by Crippen LogP contribution is -1.92. The van der Waals surface area contributed by atoms with Gasteiger partial charge in [-0.3, -0.25) is 0 Å². The zero-order valence-corrected chi connectivity index (χ0v) is 5.65. The largest absolute Gasteiger partial charge is 0.439 e. The maximum atomic E-state index is 10.6. The van der Waals surface area contributed by atoms with Crippen LogP contribution in [0.2, 0.25) is 0 Å². The van der Waals surface area contributed by atoms with E-state index in [9.17, 15) is 4.79 Å². The Kier molecular flexibility index (Phi) is 1.22. The van der Waals surface area contributed by atoms with E-state index in [2.05, 4.69) is 4.98 Å². The van der Waals surface area contributed by atoms with E-state index in [4.69, 9.17) is 4.42 Å². The Hall–Kier alpha value is -1.64. The monoisotopic (exact) mass is 147 g/mol. The predicted molar refractivity (Wildman–Crippen MR) is 39.4 cm³/mol. The zero-order valence-electron chi connectivity index (χ0n) is 5.65. The lowest BCUT2D eigenvalue weighted by atomic mass is 10.3. The van der Waals surface area contributed by atoms with Crippen molar-refractivity contribution < 1.29 is 4.42 Å². The standard InChI is InChI=1S/C8H5NO2/c10-8-9-6-4-2-1-3-5-7(6)11-8/h1-5H. The lowest BCUT2D eigenvalue weighted by Gasteiger charge is -1.79. The molecule has 3 heteroatoms. The summed E-state index contributed by atoms with van der Waals surface area (Å²) in [7, 11) is 0. The molecule has 0 spiro atoms. The van der Waals surface area contributed by atoms with Crippen LogP contribution in [-0.4, -0.2) is 4.98 Å². The Balaban J connectivity index is 2.83. The number of rotatable bonds is 0. The summed E-state index contributed by atoms with van der Waals surface area (Å²) in [5.41, 5.74) is 0.597. The molecule has 1 aliphatic heterocycles. The van der Waals surface area contributed by atoms with E-state index in [0.717, 1.165) is 0 Å². The van der Waals surface area contributed by atoms with Gasteiger partial charge in [0.1, 0.15) is 5.69 Å². The van der Waals surface area contributed by atoms with Crippen LogP contribution in [0.3, 0.4) is 0 Å². The second-order valence-electron chi connectivity index (χ2n) is 2.14. The van der Waals surface area contributed by atoms with Gasteiger partial charge in [0.05, 0.1) is 0 Å². The van der Waals surface area contributed by atoms with Crippen LogP contribution in [0.5, 0.6) is 0 Å². The summed E-state index contributed by atoms with van der Waals surface area (Å²) < 4.78 is 4.76. The van der Waals surface area contributed by atoms with Crippen molar-refractivity contribution in [2.24, 2.45) is 0 Å². The van der Waals surface area contributed by atoms with Gasteiger partial charge in [-0.15, -0.1) is 0 Å². The first-order valence-electron chi connectivity index (χ1n) is 3.22. The Labute approximate surface area is 62.7 Å². The third-order valence-electron chi connectivity index (χ3n) is 1.39. The highest BCUT2D eigenvalue weighted by molar-refractivity contribution is 5.51. The number of hydrogen-bond acceptors (Lipinski definition) is 3. The molecular formula is C8H5NO2. The highest BCUT2D eigenvalue weighted by Crippen LogP contribution is 2.13. The molecule has 0 saturated heterocycles. The highest BCUT2D eigenvalue weighted by atomic mass is 16.4. The van der Waals surface area contributed by atoms with E-state index >= 15 is 0 Å². The molecule has 11 heavy (non-hydrogen) atoms. The smallest absolute Gasteiger partial charge is 0.406 e. The second-order valence-corrected chi connectivity index (χ2v) is 2.14. The average molecular weight is 147 g/mol. The van der Waals surface area contributed by atoms with Gasteiger partial charge in [-0.1, -0.05) is 18.2 Å². The van der Waals surface area contributed by atoms with Crippen LogP contribution in [0.25, 0.3) is 11.5 Å². The van der Waals surface area contributed by atoms with Crippen molar-refractivity contribution >= 4 is 0 Å². The summed E-state index contributed by atoms with van der Waals surface area (Å²) in [4.78, 5) is 14.2. The second kappa shape index (κ2) is 2.20. The van der Waals surface area contributed by atoms with Crippen molar-refractivity contribution in [1.82, 2.24) is 4.98 Å². The molecule has 0 saturated carbocycles.